The Hall–Kier alpha value is -1.42. The average molecular weight is 330 g/mol. The second-order valence-corrected chi connectivity index (χ2v) is 6.03. The van der Waals surface area contributed by atoms with Crippen LogP contribution in [0.4, 0.5) is 4.39 Å². The van der Waals surface area contributed by atoms with E-state index in [1.54, 1.807) is 13.8 Å². The van der Waals surface area contributed by atoms with Gasteiger partial charge in [0.15, 0.2) is 12.0 Å². The molecule has 3 N–H and O–H groups in total. The van der Waals surface area contributed by atoms with E-state index >= 15 is 0 Å². The minimum absolute atomic E-state index is 0.0137. The highest BCUT2D eigenvalue weighted by Crippen LogP contribution is 2.25. The molecule has 0 radical (unpaired) electrons. The molecule has 23 heavy (non-hydrogen) atoms. The Balaban J connectivity index is 2.10. The van der Waals surface area contributed by atoms with Crippen LogP contribution in [0.25, 0.3) is 0 Å². The van der Waals surface area contributed by atoms with Crippen LogP contribution in [-0.4, -0.2) is 73.3 Å². The molecular formula is C14H22FN3O5. The molecule has 2 unspecified atom stereocenters. The van der Waals surface area contributed by atoms with Crippen molar-refractivity contribution in [1.82, 2.24) is 15.0 Å². The lowest BCUT2D eigenvalue weighted by molar-refractivity contribution is -0.211. The summed E-state index contributed by atoms with van der Waals surface area (Å²) >= 11 is 0. The van der Waals surface area contributed by atoms with Crippen molar-refractivity contribution in [1.29, 1.82) is 0 Å². The Morgan fingerprint density at radius 2 is 2.09 bits per heavy atom. The molecule has 0 aromatic carbocycles. The van der Waals surface area contributed by atoms with Crippen molar-refractivity contribution in [3.05, 3.63) is 11.9 Å². The van der Waals surface area contributed by atoms with Crippen LogP contribution in [0.1, 0.15) is 19.5 Å². The summed E-state index contributed by atoms with van der Waals surface area (Å²) in [4.78, 5) is 11.8. The monoisotopic (exact) mass is 330 g/mol. The van der Waals surface area contributed by atoms with E-state index in [0.29, 0.717) is 5.69 Å². The largest absolute Gasteiger partial charge is 0.394 e. The lowest BCUT2D eigenvalue weighted by Crippen LogP contribution is -2.57. The number of aromatic nitrogens is 3. The Morgan fingerprint density at radius 3 is 2.70 bits per heavy atom. The number of Topliss-reactive ketones (excluding diaryl/α,β-unsaturated/α-hetero) is 1. The van der Waals surface area contributed by atoms with E-state index in [1.807, 2.05) is 0 Å². The fourth-order valence-corrected chi connectivity index (χ4v) is 2.43. The normalized spacial score (nSPS) is 31.5. The smallest absolute Gasteiger partial charge is 0.156 e. The first kappa shape index (κ1) is 17.9. The van der Waals surface area contributed by atoms with Crippen LogP contribution in [0, 0.1) is 5.92 Å². The second kappa shape index (κ2) is 7.43. The van der Waals surface area contributed by atoms with Gasteiger partial charge < -0.3 is 20.1 Å². The number of nitrogens with zero attached hydrogens (tertiary/aromatic N) is 3. The Morgan fingerprint density at radius 1 is 1.39 bits per heavy atom. The summed E-state index contributed by atoms with van der Waals surface area (Å²) < 4.78 is 20.9. The maximum Gasteiger partial charge on any atom is 0.156 e. The van der Waals surface area contributed by atoms with Crippen molar-refractivity contribution >= 4 is 5.78 Å². The molecule has 1 saturated heterocycles. The van der Waals surface area contributed by atoms with Gasteiger partial charge in [-0.1, -0.05) is 19.1 Å². The number of aliphatic hydroxyl groups is 3. The van der Waals surface area contributed by atoms with Crippen LogP contribution >= 0.6 is 0 Å². The molecule has 1 aromatic heterocycles. The molecule has 1 aliphatic heterocycles. The minimum Gasteiger partial charge on any atom is -0.394 e. The molecule has 9 heteroatoms. The summed E-state index contributed by atoms with van der Waals surface area (Å²) in [6, 6.07) is 0. The number of ether oxygens (including phenoxy) is 1. The van der Waals surface area contributed by atoms with Gasteiger partial charge in [-0.25, -0.2) is 9.07 Å². The average Bonchev–Trinajstić information content (AvgIpc) is 2.94. The SMILES string of the molecule is CC(C)C(=O)Cn1nncc1C[C@@H]1OC(CO)[C@@H](O)[C@H](O)C1[18F]. The molecule has 1 aromatic rings. The fraction of sp³-hybridized carbons (Fsp3) is 0.786. The number of rotatable bonds is 6. The standard InChI is InChI=1S/C14H22FN3O5/c1-7(2)9(20)5-18-8(4-16-17-18)3-10-12(15)14(22)13(21)11(6-19)23-10/h4,7,10-14,19,21-22H,3,5-6H2,1-2H3/t10-,11?,12?,13+,14+/m0/s1/i15-1. The zero-order valence-electron chi connectivity index (χ0n) is 13.0. The number of alkyl halides is 1. The van der Waals surface area contributed by atoms with Crippen LogP contribution < -0.4 is 0 Å². The highest BCUT2D eigenvalue weighted by Gasteiger charge is 2.44. The van der Waals surface area contributed by atoms with Gasteiger partial charge in [-0.3, -0.25) is 4.79 Å². The number of ketones is 1. The van der Waals surface area contributed by atoms with E-state index < -0.39 is 37.2 Å². The molecule has 130 valence electrons. The van der Waals surface area contributed by atoms with Gasteiger partial charge in [-0.15, -0.1) is 5.10 Å². The van der Waals surface area contributed by atoms with Gasteiger partial charge in [0.2, 0.25) is 0 Å². The number of hydrogen-bond acceptors (Lipinski definition) is 7. The summed E-state index contributed by atoms with van der Waals surface area (Å²) in [6.45, 7) is 3.02. The number of halogens is 1. The van der Waals surface area contributed by atoms with Crippen LogP contribution in [0.3, 0.4) is 0 Å². The van der Waals surface area contributed by atoms with Gasteiger partial charge in [-0.2, -0.15) is 0 Å². The fourth-order valence-electron chi connectivity index (χ4n) is 2.43. The predicted octanol–water partition coefficient (Wildman–Crippen LogP) is -1.13. The van der Waals surface area contributed by atoms with Crippen molar-refractivity contribution < 1.29 is 29.2 Å². The predicted molar refractivity (Wildman–Crippen MR) is 76.2 cm³/mol. The summed E-state index contributed by atoms with van der Waals surface area (Å²) in [5.41, 5.74) is 0.479. The topological polar surface area (TPSA) is 118 Å². The van der Waals surface area contributed by atoms with Gasteiger partial charge >= 0.3 is 0 Å². The van der Waals surface area contributed by atoms with Gasteiger partial charge in [0.25, 0.3) is 0 Å². The molecule has 1 aliphatic rings. The molecule has 5 atom stereocenters. The first-order valence-corrected chi connectivity index (χ1v) is 7.51. The molecule has 0 aliphatic carbocycles. The highest BCUT2D eigenvalue weighted by molar-refractivity contribution is 5.80. The molecule has 2 heterocycles. The second-order valence-electron chi connectivity index (χ2n) is 6.03. The molecule has 8 nitrogen and oxygen atoms in total. The maximum absolute atomic E-state index is 14.2. The summed E-state index contributed by atoms with van der Waals surface area (Å²) in [6.07, 6.45) is -5.68. The quantitative estimate of drug-likeness (QED) is 0.604. The van der Waals surface area contributed by atoms with E-state index in [1.165, 1.54) is 10.9 Å². The van der Waals surface area contributed by atoms with E-state index in [2.05, 4.69) is 10.3 Å². The minimum atomic E-state index is -1.82. The van der Waals surface area contributed by atoms with Crippen LogP contribution in [0.15, 0.2) is 6.20 Å². The Kier molecular flexibility index (Phi) is 5.79. The molecule has 1 fully saturated rings. The van der Waals surface area contributed by atoms with Gasteiger partial charge in [0.1, 0.15) is 24.9 Å². The number of carbonyl (C=O) groups excluding carboxylic acids is 1. The molecular weight excluding hydrogens is 308 g/mol. The van der Waals surface area contributed by atoms with Crippen molar-refractivity contribution in [3.8, 4) is 0 Å². The van der Waals surface area contributed by atoms with Gasteiger partial charge in [-0.05, 0) is 0 Å². The lowest BCUT2D eigenvalue weighted by atomic mass is 9.93. The van der Waals surface area contributed by atoms with Gasteiger partial charge in [0, 0.05) is 12.3 Å². The van der Waals surface area contributed by atoms with Gasteiger partial charge in [0.05, 0.1) is 24.6 Å². The van der Waals surface area contributed by atoms with E-state index in [4.69, 9.17) is 9.84 Å². The highest BCUT2D eigenvalue weighted by atomic mass is 18.2. The molecule has 0 bridgehead atoms. The van der Waals surface area contributed by atoms with Crippen molar-refractivity contribution in [3.63, 3.8) is 0 Å². The summed E-state index contributed by atoms with van der Waals surface area (Å²) in [5.74, 6) is -0.204. The number of carbonyl (C=O) groups is 1. The van der Waals surface area contributed by atoms with Crippen LogP contribution in [0.2, 0.25) is 0 Å². The van der Waals surface area contributed by atoms with Crippen molar-refractivity contribution in [2.24, 2.45) is 5.92 Å². The molecule has 2 rings (SSSR count). The van der Waals surface area contributed by atoms with E-state index in [-0.39, 0.29) is 24.7 Å². The van der Waals surface area contributed by atoms with Crippen LogP contribution in [-0.2, 0) is 22.5 Å². The van der Waals surface area contributed by atoms with Crippen molar-refractivity contribution in [2.75, 3.05) is 6.61 Å². The molecule has 0 saturated carbocycles. The molecule has 0 spiro atoms. The Bertz CT molecular complexity index is 536. The van der Waals surface area contributed by atoms with Crippen molar-refractivity contribution in [2.45, 2.75) is 57.4 Å². The summed E-state index contributed by atoms with van der Waals surface area (Å²) in [7, 11) is 0. The summed E-state index contributed by atoms with van der Waals surface area (Å²) in [5, 5.41) is 36.0. The zero-order chi connectivity index (χ0) is 17.1. The third kappa shape index (κ3) is 3.92. The molecule has 0 amide bonds. The maximum atomic E-state index is 14.2. The third-order valence-electron chi connectivity index (χ3n) is 4.00. The number of hydrogen-bond donors (Lipinski definition) is 3. The first-order chi connectivity index (χ1) is 10.8. The Labute approximate surface area is 132 Å². The zero-order valence-corrected chi connectivity index (χ0v) is 13.0. The van der Waals surface area contributed by atoms with E-state index in [9.17, 15) is 19.4 Å². The first-order valence-electron chi connectivity index (χ1n) is 7.51. The lowest BCUT2D eigenvalue weighted by Gasteiger charge is -2.38. The number of aliphatic hydroxyl groups excluding tert-OH is 3. The van der Waals surface area contributed by atoms with E-state index in [0.717, 1.165) is 0 Å². The third-order valence-corrected chi connectivity index (χ3v) is 4.00. The van der Waals surface area contributed by atoms with Crippen LogP contribution in [0.5, 0.6) is 0 Å².